The maximum Gasteiger partial charge on any atom is 0.303 e. The largest absolute Gasteiger partial charge is 0.481 e. The van der Waals surface area contributed by atoms with Crippen LogP contribution >= 0.6 is 0 Å². The summed E-state index contributed by atoms with van der Waals surface area (Å²) in [7, 11) is 0. The van der Waals surface area contributed by atoms with Crippen LogP contribution in [0, 0.1) is 0 Å². The molecular formula is C42H86O7. The molecule has 0 rings (SSSR count). The van der Waals surface area contributed by atoms with Crippen molar-refractivity contribution < 1.29 is 34.8 Å². The van der Waals surface area contributed by atoms with Crippen LogP contribution in [0.3, 0.4) is 0 Å². The lowest BCUT2D eigenvalue weighted by molar-refractivity contribution is -0.138. The normalized spacial score (nSPS) is 12.0. The molecule has 0 aliphatic carbocycles. The number of unbranched alkanes of at least 4 members (excludes halogenated alkanes) is 28. The molecule has 7 nitrogen and oxygen atoms in total. The zero-order valence-corrected chi connectivity index (χ0v) is 33.2. The molecule has 49 heavy (non-hydrogen) atoms. The molecule has 0 amide bonds. The summed E-state index contributed by atoms with van der Waals surface area (Å²) in [4.78, 5) is 20.7. The van der Waals surface area contributed by atoms with Crippen molar-refractivity contribution in [3.8, 4) is 0 Å². The number of rotatable bonds is 36. The van der Waals surface area contributed by atoms with Crippen molar-refractivity contribution in [3.05, 3.63) is 0 Å². The minimum absolute atomic E-state index is 0.00667. The van der Waals surface area contributed by atoms with E-state index in [-0.39, 0.29) is 12.7 Å². The van der Waals surface area contributed by atoms with Gasteiger partial charge in [-0.3, -0.25) is 9.59 Å². The molecule has 7 heteroatoms. The second-order valence-electron chi connectivity index (χ2n) is 14.4. The number of carboxylic acid groups (broad SMARTS) is 2. The Balaban J connectivity index is -0.000000695. The number of hydrogen-bond acceptors (Lipinski definition) is 5. The molecule has 4 N–H and O–H groups in total. The van der Waals surface area contributed by atoms with Crippen LogP contribution in [0.15, 0.2) is 0 Å². The molecule has 2 atom stereocenters. The van der Waals surface area contributed by atoms with Crippen LogP contribution in [-0.2, 0) is 14.3 Å². The topological polar surface area (TPSA) is 124 Å². The van der Waals surface area contributed by atoms with Gasteiger partial charge in [0.25, 0.3) is 0 Å². The third-order valence-electron chi connectivity index (χ3n) is 8.87. The maximum absolute atomic E-state index is 10.3. The number of ether oxygens (including phenoxy) is 1. The van der Waals surface area contributed by atoms with E-state index in [4.69, 9.17) is 25.2 Å². The lowest BCUT2D eigenvalue weighted by Crippen LogP contribution is -2.19. The average molecular weight is 703 g/mol. The lowest BCUT2D eigenvalue weighted by atomic mass is 10.0. The fourth-order valence-electron chi connectivity index (χ4n) is 5.65. The molecule has 0 aliphatic heterocycles. The van der Waals surface area contributed by atoms with Gasteiger partial charge in [-0.2, -0.15) is 0 Å². The molecular weight excluding hydrogens is 616 g/mol. The minimum atomic E-state index is -0.653. The van der Waals surface area contributed by atoms with Gasteiger partial charge in [0, 0.05) is 12.8 Å². The first-order valence-electron chi connectivity index (χ1n) is 21.0. The Morgan fingerprint density at radius 3 is 0.857 bits per heavy atom. The van der Waals surface area contributed by atoms with E-state index in [0.29, 0.717) is 19.4 Å². The molecule has 0 bridgehead atoms. The minimum Gasteiger partial charge on any atom is -0.481 e. The number of aliphatic carboxylic acids is 2. The highest BCUT2D eigenvalue weighted by molar-refractivity contribution is 5.66. The summed E-state index contributed by atoms with van der Waals surface area (Å²) < 4.78 is 4.95. The first kappa shape index (κ1) is 52.2. The van der Waals surface area contributed by atoms with E-state index in [0.717, 1.165) is 25.7 Å². The fourth-order valence-corrected chi connectivity index (χ4v) is 5.65. The van der Waals surface area contributed by atoms with E-state index in [1.807, 2.05) is 0 Å². The van der Waals surface area contributed by atoms with Gasteiger partial charge in [0.1, 0.15) is 0 Å². The molecule has 0 aromatic carbocycles. The van der Waals surface area contributed by atoms with Crippen LogP contribution in [0.1, 0.15) is 233 Å². The molecule has 0 heterocycles. The average Bonchev–Trinajstić information content (AvgIpc) is 3.07. The van der Waals surface area contributed by atoms with Crippen molar-refractivity contribution in [2.24, 2.45) is 0 Å². The molecule has 2 unspecified atom stereocenters. The Bertz CT molecular complexity index is 582. The summed E-state index contributed by atoms with van der Waals surface area (Å²) in [5, 5.41) is 34.2. The van der Waals surface area contributed by atoms with Crippen molar-refractivity contribution in [3.63, 3.8) is 0 Å². The monoisotopic (exact) mass is 703 g/mol. The Morgan fingerprint density at radius 1 is 0.449 bits per heavy atom. The summed E-state index contributed by atoms with van der Waals surface area (Å²) in [5.74, 6) is -1.31. The van der Waals surface area contributed by atoms with Gasteiger partial charge in [-0.15, -0.1) is 0 Å². The van der Waals surface area contributed by atoms with E-state index in [1.165, 1.54) is 167 Å². The van der Waals surface area contributed by atoms with E-state index in [9.17, 15) is 9.59 Å². The second kappa shape index (κ2) is 46.8. The SMILES string of the molecule is CC(O)COC(C)CO.CCCCCCCCCCCCCCCCCC(=O)O.CCCCCCCCCCCCCCCCCC(=O)O. The van der Waals surface area contributed by atoms with Crippen LogP contribution in [-0.4, -0.2) is 57.8 Å². The lowest BCUT2D eigenvalue weighted by Gasteiger charge is -2.10. The number of hydrogen-bond donors (Lipinski definition) is 4. The predicted octanol–water partition coefficient (Wildman–Crippen LogP) is 12.4. The van der Waals surface area contributed by atoms with Crippen LogP contribution in [0.25, 0.3) is 0 Å². The standard InChI is InChI=1S/2C18H36O2.C6H14O3/c2*1-2-3-4-5-6-7-8-9-10-11-12-13-14-15-16-17-18(19)20;1-5(8)4-9-6(2)3-7/h2*2-17H2,1H3,(H,19,20);5-8H,3-4H2,1-2H3. The van der Waals surface area contributed by atoms with Crippen LogP contribution in [0.5, 0.6) is 0 Å². The first-order valence-corrected chi connectivity index (χ1v) is 21.0. The van der Waals surface area contributed by atoms with E-state index < -0.39 is 18.0 Å². The zero-order chi connectivity index (χ0) is 37.1. The van der Waals surface area contributed by atoms with Gasteiger partial charge in [0.2, 0.25) is 0 Å². The predicted molar refractivity (Wildman–Crippen MR) is 209 cm³/mol. The summed E-state index contributed by atoms with van der Waals surface area (Å²) in [5.41, 5.74) is 0. The molecule has 0 aromatic rings. The van der Waals surface area contributed by atoms with Gasteiger partial charge in [0.05, 0.1) is 25.4 Å². The second-order valence-corrected chi connectivity index (χ2v) is 14.4. The van der Waals surface area contributed by atoms with Gasteiger partial charge in [0.15, 0.2) is 0 Å². The summed E-state index contributed by atoms with van der Waals surface area (Å²) in [6.07, 6.45) is 39.8. The summed E-state index contributed by atoms with van der Waals surface area (Å²) >= 11 is 0. The van der Waals surface area contributed by atoms with E-state index >= 15 is 0 Å². The van der Waals surface area contributed by atoms with Crippen LogP contribution in [0.4, 0.5) is 0 Å². The van der Waals surface area contributed by atoms with Crippen molar-refractivity contribution >= 4 is 11.9 Å². The van der Waals surface area contributed by atoms with Gasteiger partial charge in [-0.05, 0) is 26.7 Å². The molecule has 0 saturated carbocycles. The molecule has 0 fully saturated rings. The van der Waals surface area contributed by atoms with E-state index in [2.05, 4.69) is 13.8 Å². The highest BCUT2D eigenvalue weighted by Gasteiger charge is 2.01. The fraction of sp³-hybridized carbons (Fsp3) is 0.952. The molecule has 0 aliphatic rings. The van der Waals surface area contributed by atoms with Crippen molar-refractivity contribution in [1.82, 2.24) is 0 Å². The highest BCUT2D eigenvalue weighted by Crippen LogP contribution is 2.15. The molecule has 296 valence electrons. The summed E-state index contributed by atoms with van der Waals surface area (Å²) in [6.45, 7) is 8.24. The van der Waals surface area contributed by atoms with Crippen molar-refractivity contribution in [2.75, 3.05) is 13.2 Å². The molecule has 0 radical (unpaired) electrons. The van der Waals surface area contributed by atoms with Crippen LogP contribution in [0.2, 0.25) is 0 Å². The highest BCUT2D eigenvalue weighted by atomic mass is 16.5. The van der Waals surface area contributed by atoms with E-state index in [1.54, 1.807) is 13.8 Å². The first-order chi connectivity index (χ1) is 23.7. The van der Waals surface area contributed by atoms with Gasteiger partial charge >= 0.3 is 11.9 Å². The van der Waals surface area contributed by atoms with Crippen molar-refractivity contribution in [1.29, 1.82) is 0 Å². The Kier molecular flexibility index (Phi) is 49.9. The van der Waals surface area contributed by atoms with Crippen LogP contribution < -0.4 is 0 Å². The number of carbonyl (C=O) groups is 2. The summed E-state index contributed by atoms with van der Waals surface area (Å²) in [6, 6.07) is 0. The van der Waals surface area contributed by atoms with Gasteiger partial charge < -0.3 is 25.2 Å². The number of aliphatic hydroxyl groups excluding tert-OH is 2. The zero-order valence-electron chi connectivity index (χ0n) is 33.2. The molecule has 0 saturated heterocycles. The number of aliphatic hydroxyl groups is 2. The smallest absolute Gasteiger partial charge is 0.303 e. The van der Waals surface area contributed by atoms with Gasteiger partial charge in [-0.1, -0.05) is 194 Å². The third-order valence-corrected chi connectivity index (χ3v) is 8.87. The Hall–Kier alpha value is -1.18. The van der Waals surface area contributed by atoms with Gasteiger partial charge in [-0.25, -0.2) is 0 Å². The molecule has 0 aromatic heterocycles. The Labute approximate surface area is 304 Å². The molecule has 0 spiro atoms. The Morgan fingerprint density at radius 2 is 0.673 bits per heavy atom. The van der Waals surface area contributed by atoms with Crippen molar-refractivity contribution in [2.45, 2.75) is 245 Å². The maximum atomic E-state index is 10.3. The quantitative estimate of drug-likeness (QED) is 0.0479. The number of carboxylic acids is 2. The third kappa shape index (κ3) is 59.3.